The van der Waals surface area contributed by atoms with Gasteiger partial charge in [0.2, 0.25) is 21.8 Å². The molecule has 0 radical (unpaired) electrons. The van der Waals surface area contributed by atoms with Crippen LogP contribution >= 0.6 is 0 Å². The second kappa shape index (κ2) is 9.76. The maximum Gasteiger partial charge on any atom is 0.246 e. The monoisotopic (exact) mass is 469 g/mol. The Hall–Kier alpha value is -3.17. The second-order valence-electron chi connectivity index (χ2n) is 7.94. The summed E-state index contributed by atoms with van der Waals surface area (Å²) in [6.45, 7) is 2.73. The zero-order valence-corrected chi connectivity index (χ0v) is 19.5. The molecule has 2 heterocycles. The van der Waals surface area contributed by atoms with Crippen LogP contribution < -0.4 is 10.1 Å². The molecule has 0 bridgehead atoms. The third kappa shape index (κ3) is 5.09. The van der Waals surface area contributed by atoms with Crippen molar-refractivity contribution >= 4 is 21.6 Å². The average molecular weight is 470 g/mol. The molecule has 1 aliphatic heterocycles. The van der Waals surface area contributed by atoms with Crippen LogP contribution in [0.2, 0.25) is 0 Å². The van der Waals surface area contributed by atoms with Crippen LogP contribution in [0.3, 0.4) is 0 Å². The maximum absolute atomic E-state index is 13.2. The molecule has 1 N–H and O–H groups in total. The molecule has 1 saturated heterocycles. The molecule has 0 saturated carbocycles. The van der Waals surface area contributed by atoms with Crippen LogP contribution in [-0.2, 0) is 21.2 Å². The molecule has 0 spiro atoms. The van der Waals surface area contributed by atoms with Crippen molar-refractivity contribution in [1.29, 1.82) is 0 Å². The number of sulfonamides is 1. The molecule has 0 atom stereocenters. The van der Waals surface area contributed by atoms with Crippen molar-refractivity contribution in [2.24, 2.45) is 0 Å². The van der Waals surface area contributed by atoms with Crippen molar-refractivity contribution in [3.8, 4) is 17.2 Å². The normalized spacial score (nSPS) is 14.7. The van der Waals surface area contributed by atoms with Crippen molar-refractivity contribution in [3.63, 3.8) is 0 Å². The number of methoxy groups -OCH3 is 1. The zero-order chi connectivity index (χ0) is 23.4. The van der Waals surface area contributed by atoms with Crippen LogP contribution in [0.5, 0.6) is 5.75 Å². The molecule has 1 aliphatic rings. The number of rotatable bonds is 7. The first-order valence-corrected chi connectivity index (χ1v) is 12.3. The van der Waals surface area contributed by atoms with Gasteiger partial charge >= 0.3 is 0 Å². The van der Waals surface area contributed by atoms with Gasteiger partial charge in [0.05, 0.1) is 19.2 Å². The van der Waals surface area contributed by atoms with E-state index in [0.717, 1.165) is 24.8 Å². The predicted octanol–water partition coefficient (Wildman–Crippen LogP) is 4.01. The number of hydrogen-bond donors (Lipinski definition) is 1. The third-order valence-electron chi connectivity index (χ3n) is 5.62. The number of amides is 1. The van der Waals surface area contributed by atoms with Gasteiger partial charge in [-0.1, -0.05) is 24.6 Å². The first-order valence-electron chi connectivity index (χ1n) is 10.9. The molecule has 1 aromatic heterocycles. The quantitative estimate of drug-likeness (QED) is 0.561. The number of nitrogens with one attached hydrogen (secondary N) is 1. The first kappa shape index (κ1) is 23.0. The number of hydrogen-bond acceptors (Lipinski definition) is 6. The number of carbonyl (C=O) groups is 1. The Labute approximate surface area is 193 Å². The fourth-order valence-corrected chi connectivity index (χ4v) is 5.55. The summed E-state index contributed by atoms with van der Waals surface area (Å²) in [5, 5.41) is 2.77. The van der Waals surface area contributed by atoms with E-state index in [-0.39, 0.29) is 23.0 Å². The van der Waals surface area contributed by atoms with Crippen LogP contribution in [-0.4, -0.2) is 43.8 Å². The van der Waals surface area contributed by atoms with Gasteiger partial charge in [-0.05, 0) is 50.1 Å². The largest absolute Gasteiger partial charge is 0.495 e. The highest BCUT2D eigenvalue weighted by Crippen LogP contribution is 2.31. The van der Waals surface area contributed by atoms with Gasteiger partial charge in [0.1, 0.15) is 16.4 Å². The number of nitrogens with zero attached hydrogens (tertiary/aromatic N) is 2. The molecule has 4 rings (SSSR count). The van der Waals surface area contributed by atoms with E-state index in [0.29, 0.717) is 36.1 Å². The Morgan fingerprint density at radius 1 is 1.12 bits per heavy atom. The Morgan fingerprint density at radius 2 is 1.85 bits per heavy atom. The number of carbonyl (C=O) groups excluding carboxylic acids is 1. The van der Waals surface area contributed by atoms with Crippen LogP contribution in [0.25, 0.3) is 11.5 Å². The number of ether oxygens (including phenoxy) is 1. The molecule has 174 valence electrons. The summed E-state index contributed by atoms with van der Waals surface area (Å²) in [6.07, 6.45) is 2.69. The molecule has 3 aromatic rings. The lowest BCUT2D eigenvalue weighted by molar-refractivity contribution is -0.115. The van der Waals surface area contributed by atoms with E-state index in [4.69, 9.17) is 9.15 Å². The summed E-state index contributed by atoms with van der Waals surface area (Å²) in [4.78, 5) is 17.2. The minimum absolute atomic E-state index is 0.00239. The van der Waals surface area contributed by atoms with E-state index < -0.39 is 10.0 Å². The van der Waals surface area contributed by atoms with Gasteiger partial charge in [-0.25, -0.2) is 13.4 Å². The highest BCUT2D eigenvalue weighted by atomic mass is 32.2. The molecule has 0 unspecified atom stereocenters. The summed E-state index contributed by atoms with van der Waals surface area (Å²) in [6, 6.07) is 14.1. The van der Waals surface area contributed by atoms with Crippen LogP contribution in [0.1, 0.15) is 30.7 Å². The Kier molecular flexibility index (Phi) is 6.80. The van der Waals surface area contributed by atoms with E-state index in [2.05, 4.69) is 10.3 Å². The molecular formula is C24H27N3O5S. The Morgan fingerprint density at radius 3 is 2.55 bits per heavy atom. The topological polar surface area (TPSA) is 102 Å². The van der Waals surface area contributed by atoms with Crippen molar-refractivity contribution in [2.45, 2.75) is 37.5 Å². The van der Waals surface area contributed by atoms with Gasteiger partial charge in [-0.3, -0.25) is 4.79 Å². The molecule has 8 nitrogen and oxygen atoms in total. The SMILES string of the molecule is COc1ccc(NC(=O)Cc2nc(-c3ccccc3)oc2C)cc1S(=O)(=O)N1CCCCC1. The van der Waals surface area contributed by atoms with E-state index in [1.807, 2.05) is 30.3 Å². The molecule has 2 aromatic carbocycles. The summed E-state index contributed by atoms with van der Waals surface area (Å²) in [5.41, 5.74) is 1.73. The number of piperidine rings is 1. The predicted molar refractivity (Wildman–Crippen MR) is 125 cm³/mol. The molecule has 1 amide bonds. The van der Waals surface area contributed by atoms with E-state index in [9.17, 15) is 13.2 Å². The first-order chi connectivity index (χ1) is 15.9. The summed E-state index contributed by atoms with van der Waals surface area (Å²) in [5.74, 6) is 0.943. The lowest BCUT2D eigenvalue weighted by Gasteiger charge is -2.26. The lowest BCUT2D eigenvalue weighted by Crippen LogP contribution is -2.35. The fourth-order valence-electron chi connectivity index (χ4n) is 3.85. The second-order valence-corrected chi connectivity index (χ2v) is 9.85. The van der Waals surface area contributed by atoms with Crippen molar-refractivity contribution in [3.05, 3.63) is 60.0 Å². The summed E-state index contributed by atoms with van der Waals surface area (Å²) >= 11 is 0. The molecule has 9 heteroatoms. The number of aryl methyl sites for hydroxylation is 1. The van der Waals surface area contributed by atoms with Crippen molar-refractivity contribution < 1.29 is 22.4 Å². The van der Waals surface area contributed by atoms with Gasteiger partial charge in [-0.15, -0.1) is 0 Å². The highest BCUT2D eigenvalue weighted by Gasteiger charge is 2.29. The summed E-state index contributed by atoms with van der Waals surface area (Å²) in [7, 11) is -2.30. The van der Waals surface area contributed by atoms with E-state index in [1.54, 1.807) is 19.1 Å². The smallest absolute Gasteiger partial charge is 0.246 e. The molecular weight excluding hydrogens is 442 g/mol. The van der Waals surface area contributed by atoms with Gasteiger partial charge < -0.3 is 14.5 Å². The van der Waals surface area contributed by atoms with E-state index in [1.165, 1.54) is 17.5 Å². The molecule has 0 aliphatic carbocycles. The van der Waals surface area contributed by atoms with Crippen LogP contribution in [0, 0.1) is 6.92 Å². The summed E-state index contributed by atoms with van der Waals surface area (Å²) < 4.78 is 38.9. The van der Waals surface area contributed by atoms with Crippen molar-refractivity contribution in [2.75, 3.05) is 25.5 Å². The number of oxazole rings is 1. The molecule has 33 heavy (non-hydrogen) atoms. The van der Waals surface area contributed by atoms with Gasteiger partial charge in [-0.2, -0.15) is 4.31 Å². The van der Waals surface area contributed by atoms with Crippen molar-refractivity contribution in [1.82, 2.24) is 9.29 Å². The van der Waals surface area contributed by atoms with Crippen LogP contribution in [0.15, 0.2) is 57.8 Å². The zero-order valence-electron chi connectivity index (χ0n) is 18.7. The van der Waals surface area contributed by atoms with Gasteiger partial charge in [0, 0.05) is 24.3 Å². The number of aromatic nitrogens is 1. The Bertz CT molecular complexity index is 1230. The van der Waals surface area contributed by atoms with Gasteiger partial charge in [0.25, 0.3) is 0 Å². The third-order valence-corrected chi connectivity index (χ3v) is 7.54. The minimum Gasteiger partial charge on any atom is -0.495 e. The van der Waals surface area contributed by atoms with Crippen LogP contribution in [0.4, 0.5) is 5.69 Å². The van der Waals surface area contributed by atoms with Gasteiger partial charge in [0.15, 0.2) is 0 Å². The highest BCUT2D eigenvalue weighted by molar-refractivity contribution is 7.89. The van der Waals surface area contributed by atoms with E-state index >= 15 is 0 Å². The molecule has 1 fully saturated rings. The number of benzene rings is 2. The average Bonchev–Trinajstić information content (AvgIpc) is 3.20. The standard InChI is InChI=1S/C24H27N3O5S/c1-17-20(26-24(32-17)18-9-5-3-6-10-18)16-23(28)25-19-11-12-21(31-2)22(15-19)33(29,30)27-13-7-4-8-14-27/h3,5-6,9-12,15H,4,7-8,13-14,16H2,1-2H3,(H,25,28). The fraction of sp³-hybridized carbons (Fsp3) is 0.333. The number of anilines is 1. The Balaban J connectivity index is 1.52. The lowest BCUT2D eigenvalue weighted by atomic mass is 10.2. The maximum atomic E-state index is 13.2. The minimum atomic E-state index is -3.73.